The van der Waals surface area contributed by atoms with E-state index in [0.717, 1.165) is 23.8 Å². The van der Waals surface area contributed by atoms with Gasteiger partial charge >= 0.3 is 0 Å². The summed E-state index contributed by atoms with van der Waals surface area (Å²) in [5.41, 5.74) is 5.20. The van der Waals surface area contributed by atoms with E-state index >= 15 is 0 Å². The highest BCUT2D eigenvalue weighted by atomic mass is 16.3. The molecule has 19 heavy (non-hydrogen) atoms. The molecule has 0 atom stereocenters. The van der Waals surface area contributed by atoms with Crippen LogP contribution in [0.3, 0.4) is 0 Å². The van der Waals surface area contributed by atoms with Gasteiger partial charge in [0.1, 0.15) is 11.3 Å². The molecule has 1 aromatic carbocycles. The van der Waals surface area contributed by atoms with E-state index < -0.39 is 0 Å². The molecule has 1 fully saturated rings. The second-order valence-electron chi connectivity index (χ2n) is 6.18. The van der Waals surface area contributed by atoms with Gasteiger partial charge in [-0.15, -0.1) is 0 Å². The average Bonchev–Trinajstić information content (AvgIpc) is 3.11. The Morgan fingerprint density at radius 3 is 2.53 bits per heavy atom. The third-order valence-corrected chi connectivity index (χ3v) is 4.08. The zero-order valence-corrected chi connectivity index (χ0v) is 12.3. The summed E-state index contributed by atoms with van der Waals surface area (Å²) in [6, 6.07) is 4.99. The van der Waals surface area contributed by atoms with Crippen LogP contribution in [-0.2, 0) is 6.54 Å². The summed E-state index contributed by atoms with van der Waals surface area (Å²) >= 11 is 0. The van der Waals surface area contributed by atoms with Crippen LogP contribution < -0.4 is 5.32 Å². The van der Waals surface area contributed by atoms with Gasteiger partial charge in [-0.05, 0) is 55.9 Å². The van der Waals surface area contributed by atoms with Crippen LogP contribution in [0.1, 0.15) is 55.1 Å². The molecule has 0 aliphatic heterocycles. The number of benzene rings is 1. The lowest BCUT2D eigenvalue weighted by Gasteiger charge is -2.07. The van der Waals surface area contributed by atoms with Crippen molar-refractivity contribution in [1.29, 1.82) is 0 Å². The number of rotatable bonds is 4. The summed E-state index contributed by atoms with van der Waals surface area (Å²) in [6.07, 6.45) is 2.63. The van der Waals surface area contributed by atoms with Crippen LogP contribution >= 0.6 is 0 Å². The van der Waals surface area contributed by atoms with Gasteiger partial charge in [0.25, 0.3) is 0 Å². The molecule has 1 saturated carbocycles. The van der Waals surface area contributed by atoms with E-state index in [1.807, 2.05) is 0 Å². The van der Waals surface area contributed by atoms with Gasteiger partial charge in [0.2, 0.25) is 0 Å². The van der Waals surface area contributed by atoms with Crippen LogP contribution in [0.15, 0.2) is 16.5 Å². The Bertz CT molecular complexity index is 605. The molecular weight excluding hydrogens is 234 g/mol. The zero-order valence-electron chi connectivity index (χ0n) is 12.3. The van der Waals surface area contributed by atoms with Crippen molar-refractivity contribution in [2.45, 2.75) is 59.0 Å². The number of furan rings is 1. The fourth-order valence-corrected chi connectivity index (χ4v) is 2.67. The lowest BCUT2D eigenvalue weighted by molar-refractivity contribution is 0.483. The molecule has 1 aliphatic rings. The molecule has 0 amide bonds. The van der Waals surface area contributed by atoms with Crippen molar-refractivity contribution < 1.29 is 4.42 Å². The first-order chi connectivity index (χ1) is 9.06. The quantitative estimate of drug-likeness (QED) is 0.876. The monoisotopic (exact) mass is 257 g/mol. The van der Waals surface area contributed by atoms with Crippen molar-refractivity contribution in [3.8, 4) is 0 Å². The Morgan fingerprint density at radius 1 is 1.21 bits per heavy atom. The van der Waals surface area contributed by atoms with Crippen molar-refractivity contribution >= 4 is 11.0 Å². The number of nitrogens with one attached hydrogen (secondary N) is 1. The number of hydrogen-bond donors (Lipinski definition) is 1. The van der Waals surface area contributed by atoms with E-state index in [2.05, 4.69) is 45.1 Å². The standard InChI is InChI=1S/C17H23NO/c1-10(2)18-9-16-17(13-5-6-13)14-7-11(3)12(4)8-15(14)19-16/h7-8,10,13,18H,5-6,9H2,1-4H3. The average molecular weight is 257 g/mol. The van der Waals surface area contributed by atoms with Crippen molar-refractivity contribution in [3.05, 3.63) is 34.6 Å². The molecule has 0 bridgehead atoms. The van der Waals surface area contributed by atoms with Crippen LogP contribution in [-0.4, -0.2) is 6.04 Å². The molecule has 0 spiro atoms. The zero-order chi connectivity index (χ0) is 13.6. The number of aryl methyl sites for hydroxylation is 2. The maximum atomic E-state index is 6.12. The molecule has 1 N–H and O–H groups in total. The Labute approximate surface area is 115 Å². The lowest BCUT2D eigenvalue weighted by atomic mass is 10.0. The molecular formula is C17H23NO. The predicted octanol–water partition coefficient (Wildman–Crippen LogP) is 4.43. The fourth-order valence-electron chi connectivity index (χ4n) is 2.67. The van der Waals surface area contributed by atoms with Crippen LogP contribution in [0.4, 0.5) is 0 Å². The van der Waals surface area contributed by atoms with E-state index in [1.165, 1.54) is 34.9 Å². The second kappa shape index (κ2) is 4.68. The number of fused-ring (bicyclic) bond motifs is 1. The summed E-state index contributed by atoms with van der Waals surface area (Å²) in [4.78, 5) is 0. The largest absolute Gasteiger partial charge is 0.459 e. The Morgan fingerprint density at radius 2 is 1.89 bits per heavy atom. The van der Waals surface area contributed by atoms with Crippen molar-refractivity contribution in [2.24, 2.45) is 0 Å². The topological polar surface area (TPSA) is 25.2 Å². The molecule has 1 aromatic heterocycles. The highest BCUT2D eigenvalue weighted by Gasteiger charge is 2.30. The van der Waals surface area contributed by atoms with Gasteiger partial charge in [0, 0.05) is 17.0 Å². The lowest BCUT2D eigenvalue weighted by Crippen LogP contribution is -2.22. The second-order valence-corrected chi connectivity index (χ2v) is 6.18. The maximum Gasteiger partial charge on any atom is 0.134 e. The molecule has 1 heterocycles. The smallest absolute Gasteiger partial charge is 0.134 e. The van der Waals surface area contributed by atoms with Crippen LogP contribution in [0.2, 0.25) is 0 Å². The fraction of sp³-hybridized carbons (Fsp3) is 0.529. The Balaban J connectivity index is 2.07. The first-order valence-corrected chi connectivity index (χ1v) is 7.32. The Kier molecular flexibility index (Phi) is 3.14. The van der Waals surface area contributed by atoms with Gasteiger partial charge in [-0.25, -0.2) is 0 Å². The molecule has 1 aliphatic carbocycles. The maximum absolute atomic E-state index is 6.12. The molecule has 2 aromatic rings. The van der Waals surface area contributed by atoms with Gasteiger partial charge in [-0.3, -0.25) is 0 Å². The van der Waals surface area contributed by atoms with Crippen LogP contribution in [0.5, 0.6) is 0 Å². The van der Waals surface area contributed by atoms with Gasteiger partial charge in [0.05, 0.1) is 6.54 Å². The van der Waals surface area contributed by atoms with E-state index in [1.54, 1.807) is 0 Å². The van der Waals surface area contributed by atoms with Gasteiger partial charge in [-0.1, -0.05) is 13.8 Å². The van der Waals surface area contributed by atoms with Crippen molar-refractivity contribution in [1.82, 2.24) is 5.32 Å². The van der Waals surface area contributed by atoms with Crippen molar-refractivity contribution in [3.63, 3.8) is 0 Å². The van der Waals surface area contributed by atoms with Crippen LogP contribution in [0.25, 0.3) is 11.0 Å². The summed E-state index contributed by atoms with van der Waals surface area (Å²) < 4.78 is 6.12. The third-order valence-electron chi connectivity index (χ3n) is 4.08. The third kappa shape index (κ3) is 2.42. The molecule has 2 heteroatoms. The SMILES string of the molecule is Cc1cc2oc(CNC(C)C)c(C3CC3)c2cc1C. The van der Waals surface area contributed by atoms with E-state index in [-0.39, 0.29) is 0 Å². The molecule has 3 rings (SSSR count). The molecule has 0 radical (unpaired) electrons. The molecule has 2 nitrogen and oxygen atoms in total. The van der Waals surface area contributed by atoms with Gasteiger partial charge in [-0.2, -0.15) is 0 Å². The van der Waals surface area contributed by atoms with E-state index in [0.29, 0.717) is 6.04 Å². The summed E-state index contributed by atoms with van der Waals surface area (Å²) in [5.74, 6) is 1.88. The highest BCUT2D eigenvalue weighted by molar-refractivity contribution is 5.85. The highest BCUT2D eigenvalue weighted by Crippen LogP contribution is 2.46. The molecule has 102 valence electrons. The Hall–Kier alpha value is -1.28. The summed E-state index contributed by atoms with van der Waals surface area (Å²) in [6.45, 7) is 9.53. The van der Waals surface area contributed by atoms with Gasteiger partial charge in [0.15, 0.2) is 0 Å². The minimum absolute atomic E-state index is 0.490. The van der Waals surface area contributed by atoms with E-state index in [4.69, 9.17) is 4.42 Å². The normalized spacial score (nSPS) is 15.6. The summed E-state index contributed by atoms with van der Waals surface area (Å²) in [7, 11) is 0. The minimum Gasteiger partial charge on any atom is -0.459 e. The van der Waals surface area contributed by atoms with Crippen LogP contribution in [0, 0.1) is 13.8 Å². The first kappa shape index (κ1) is 12.7. The predicted molar refractivity (Wildman–Crippen MR) is 79.6 cm³/mol. The minimum atomic E-state index is 0.490. The first-order valence-electron chi connectivity index (χ1n) is 7.32. The van der Waals surface area contributed by atoms with Crippen molar-refractivity contribution in [2.75, 3.05) is 0 Å². The molecule has 0 unspecified atom stereocenters. The van der Waals surface area contributed by atoms with Gasteiger partial charge < -0.3 is 9.73 Å². The summed E-state index contributed by atoms with van der Waals surface area (Å²) in [5, 5.41) is 4.82. The van der Waals surface area contributed by atoms with E-state index in [9.17, 15) is 0 Å². The molecule has 0 saturated heterocycles. The number of hydrogen-bond acceptors (Lipinski definition) is 2.